The van der Waals surface area contributed by atoms with Gasteiger partial charge < -0.3 is 29.4 Å². The lowest BCUT2D eigenvalue weighted by atomic mass is 10.1. The summed E-state index contributed by atoms with van der Waals surface area (Å²) in [6, 6.07) is 2.61. The lowest BCUT2D eigenvalue weighted by Crippen LogP contribution is -2.39. The summed E-state index contributed by atoms with van der Waals surface area (Å²) < 4.78 is 20.7. The molecular formula is C14H17NO7. The Morgan fingerprint density at radius 3 is 2.59 bits per heavy atom. The van der Waals surface area contributed by atoms with E-state index in [0.717, 1.165) is 0 Å². The number of hydrogen-bond acceptors (Lipinski definition) is 6. The van der Waals surface area contributed by atoms with Crippen LogP contribution in [0.3, 0.4) is 0 Å². The highest BCUT2D eigenvalue weighted by Gasteiger charge is 2.25. The number of carboxylic acids is 1. The zero-order valence-electron chi connectivity index (χ0n) is 12.3. The number of carboxylic acid groups (broad SMARTS) is 1. The van der Waals surface area contributed by atoms with Crippen molar-refractivity contribution in [2.75, 3.05) is 39.4 Å². The second-order valence-electron chi connectivity index (χ2n) is 4.49. The van der Waals surface area contributed by atoms with Gasteiger partial charge in [-0.15, -0.1) is 0 Å². The molecule has 1 aromatic carbocycles. The minimum Gasteiger partial charge on any atom is -0.493 e. The van der Waals surface area contributed by atoms with Gasteiger partial charge in [0.15, 0.2) is 17.6 Å². The summed E-state index contributed by atoms with van der Waals surface area (Å²) in [7, 11) is 2.78. The first-order chi connectivity index (χ1) is 10.6. The predicted octanol–water partition coefficient (Wildman–Crippen LogP) is 0.756. The van der Waals surface area contributed by atoms with Gasteiger partial charge in [-0.05, 0) is 12.1 Å². The molecule has 0 aromatic heterocycles. The minimum atomic E-state index is -1.14. The summed E-state index contributed by atoms with van der Waals surface area (Å²) in [6.07, 6.45) is -0.752. The Balaban J connectivity index is 2.29. The van der Waals surface area contributed by atoms with Crippen LogP contribution in [0.2, 0.25) is 0 Å². The van der Waals surface area contributed by atoms with Crippen molar-refractivity contribution in [2.45, 2.75) is 6.10 Å². The molecule has 0 aliphatic carbocycles. The van der Waals surface area contributed by atoms with E-state index >= 15 is 0 Å². The van der Waals surface area contributed by atoms with Crippen molar-refractivity contribution in [3.05, 3.63) is 17.7 Å². The monoisotopic (exact) mass is 311 g/mol. The lowest BCUT2D eigenvalue weighted by Gasteiger charge is -2.23. The Morgan fingerprint density at radius 1 is 1.27 bits per heavy atom. The highest BCUT2D eigenvalue weighted by atomic mass is 16.6. The van der Waals surface area contributed by atoms with Gasteiger partial charge in [0.05, 0.1) is 45.3 Å². The Hall–Kier alpha value is -2.32. The van der Waals surface area contributed by atoms with Gasteiger partial charge in [0.1, 0.15) is 0 Å². The van der Waals surface area contributed by atoms with Crippen LogP contribution in [-0.4, -0.2) is 57.1 Å². The van der Waals surface area contributed by atoms with E-state index in [-0.39, 0.29) is 29.4 Å². The van der Waals surface area contributed by atoms with E-state index in [1.54, 1.807) is 0 Å². The van der Waals surface area contributed by atoms with Crippen molar-refractivity contribution < 1.29 is 33.6 Å². The largest absolute Gasteiger partial charge is 0.493 e. The zero-order chi connectivity index (χ0) is 16.1. The highest BCUT2D eigenvalue weighted by molar-refractivity contribution is 5.98. The normalized spacial score (nSPS) is 17.6. The summed E-state index contributed by atoms with van der Waals surface area (Å²) >= 11 is 0. The molecule has 1 unspecified atom stereocenters. The fraction of sp³-hybridized carbons (Fsp3) is 0.429. The van der Waals surface area contributed by atoms with Gasteiger partial charge in [-0.2, -0.15) is 0 Å². The molecule has 0 saturated carbocycles. The highest BCUT2D eigenvalue weighted by Crippen LogP contribution is 2.36. The molecule has 2 rings (SSSR count). The van der Waals surface area contributed by atoms with Crippen molar-refractivity contribution in [3.63, 3.8) is 0 Å². The summed E-state index contributed by atoms with van der Waals surface area (Å²) in [5.41, 5.74) is 0.159. The molecular weight excluding hydrogens is 294 g/mol. The van der Waals surface area contributed by atoms with Crippen LogP contribution in [0.5, 0.6) is 11.5 Å². The molecule has 1 atom stereocenters. The fourth-order valence-electron chi connectivity index (χ4n) is 2.03. The van der Waals surface area contributed by atoms with Crippen LogP contribution in [0.1, 0.15) is 10.4 Å². The van der Waals surface area contributed by atoms with Crippen LogP contribution >= 0.6 is 0 Å². The average Bonchev–Trinajstić information content (AvgIpc) is 2.54. The molecule has 8 heteroatoms. The summed E-state index contributed by atoms with van der Waals surface area (Å²) in [5, 5.41) is 11.7. The van der Waals surface area contributed by atoms with Crippen molar-refractivity contribution in [3.8, 4) is 11.5 Å². The number of benzene rings is 1. The number of hydrogen-bond donors (Lipinski definition) is 2. The van der Waals surface area contributed by atoms with E-state index in [4.69, 9.17) is 24.1 Å². The van der Waals surface area contributed by atoms with E-state index in [9.17, 15) is 9.59 Å². The molecule has 1 saturated heterocycles. The maximum absolute atomic E-state index is 12.2. The van der Waals surface area contributed by atoms with Crippen molar-refractivity contribution in [1.29, 1.82) is 0 Å². The maximum Gasteiger partial charge on any atom is 0.335 e. The Kier molecular flexibility index (Phi) is 5.18. The standard InChI is InChI=1S/C14H17NO7/c1-19-10-6-8(14(17)18)5-9(12(10)20-2)15-13(16)11-7-21-3-4-22-11/h5-6,11H,3-4,7H2,1-2H3,(H,15,16)(H,17,18). The van der Waals surface area contributed by atoms with Crippen molar-refractivity contribution in [1.82, 2.24) is 0 Å². The van der Waals surface area contributed by atoms with Gasteiger partial charge in [0.25, 0.3) is 5.91 Å². The second kappa shape index (κ2) is 7.10. The SMILES string of the molecule is COc1cc(C(=O)O)cc(NC(=O)C2COCCO2)c1OC. The van der Waals surface area contributed by atoms with Crippen LogP contribution in [0.25, 0.3) is 0 Å². The zero-order valence-corrected chi connectivity index (χ0v) is 12.3. The van der Waals surface area contributed by atoms with Crippen LogP contribution in [0.15, 0.2) is 12.1 Å². The number of aromatic carboxylic acids is 1. The molecule has 1 aromatic rings. The van der Waals surface area contributed by atoms with Gasteiger partial charge in [0.2, 0.25) is 0 Å². The molecule has 0 bridgehead atoms. The summed E-state index contributed by atoms with van der Waals surface area (Å²) in [5.74, 6) is -1.15. The number of ether oxygens (including phenoxy) is 4. The number of amides is 1. The van der Waals surface area contributed by atoms with Gasteiger partial charge in [-0.1, -0.05) is 0 Å². The molecule has 0 spiro atoms. The third-order valence-electron chi connectivity index (χ3n) is 3.09. The van der Waals surface area contributed by atoms with Gasteiger partial charge in [-0.3, -0.25) is 4.79 Å². The van der Waals surface area contributed by atoms with Crippen molar-refractivity contribution >= 4 is 17.6 Å². The molecule has 2 N–H and O–H groups in total. The maximum atomic E-state index is 12.2. The fourth-order valence-corrected chi connectivity index (χ4v) is 2.03. The summed E-state index contributed by atoms with van der Waals surface area (Å²) in [6.45, 7) is 0.910. The first-order valence-electron chi connectivity index (χ1n) is 6.56. The predicted molar refractivity (Wildman–Crippen MR) is 75.7 cm³/mol. The molecule has 1 heterocycles. The van der Waals surface area contributed by atoms with E-state index in [1.165, 1.54) is 26.4 Å². The third-order valence-corrected chi connectivity index (χ3v) is 3.09. The molecule has 1 amide bonds. The summed E-state index contributed by atoms with van der Waals surface area (Å²) in [4.78, 5) is 23.3. The molecule has 1 aliphatic heterocycles. The van der Waals surface area contributed by atoms with Gasteiger partial charge >= 0.3 is 5.97 Å². The molecule has 1 fully saturated rings. The van der Waals surface area contributed by atoms with Gasteiger partial charge in [0, 0.05) is 0 Å². The number of rotatable bonds is 5. The van der Waals surface area contributed by atoms with E-state index in [2.05, 4.69) is 5.32 Å². The topological polar surface area (TPSA) is 103 Å². The van der Waals surface area contributed by atoms with Gasteiger partial charge in [-0.25, -0.2) is 4.79 Å². The number of nitrogens with one attached hydrogen (secondary N) is 1. The molecule has 22 heavy (non-hydrogen) atoms. The van der Waals surface area contributed by atoms with Crippen LogP contribution < -0.4 is 14.8 Å². The van der Waals surface area contributed by atoms with Crippen LogP contribution in [-0.2, 0) is 14.3 Å². The Morgan fingerprint density at radius 2 is 2.05 bits per heavy atom. The Labute approximate surface area is 126 Å². The van der Waals surface area contributed by atoms with E-state index in [0.29, 0.717) is 13.2 Å². The lowest BCUT2D eigenvalue weighted by molar-refractivity contribution is -0.142. The molecule has 120 valence electrons. The molecule has 1 aliphatic rings. The number of anilines is 1. The van der Waals surface area contributed by atoms with E-state index < -0.39 is 18.0 Å². The average molecular weight is 311 g/mol. The number of methoxy groups -OCH3 is 2. The first kappa shape index (κ1) is 16.1. The van der Waals surface area contributed by atoms with Crippen LogP contribution in [0, 0.1) is 0 Å². The molecule has 0 radical (unpaired) electrons. The quantitative estimate of drug-likeness (QED) is 0.827. The number of carbonyl (C=O) groups is 2. The smallest absolute Gasteiger partial charge is 0.335 e. The van der Waals surface area contributed by atoms with Crippen molar-refractivity contribution in [2.24, 2.45) is 0 Å². The Bertz CT molecular complexity index is 567. The first-order valence-corrected chi connectivity index (χ1v) is 6.56. The second-order valence-corrected chi connectivity index (χ2v) is 4.49. The minimum absolute atomic E-state index is 0.0336. The van der Waals surface area contributed by atoms with Crippen LogP contribution in [0.4, 0.5) is 5.69 Å². The third kappa shape index (κ3) is 3.46. The molecule has 8 nitrogen and oxygen atoms in total. The number of carbonyl (C=O) groups excluding carboxylic acids is 1. The van der Waals surface area contributed by atoms with E-state index in [1.807, 2.05) is 0 Å².